The van der Waals surface area contributed by atoms with Crippen LogP contribution in [-0.2, 0) is 15.4 Å². The summed E-state index contributed by atoms with van der Waals surface area (Å²) in [5.41, 5.74) is 4.40. The van der Waals surface area contributed by atoms with Crippen molar-refractivity contribution in [3.8, 4) is 26.8 Å². The Hall–Kier alpha value is -3.76. The van der Waals surface area contributed by atoms with Gasteiger partial charge in [0.2, 0.25) is 10.0 Å². The van der Waals surface area contributed by atoms with Gasteiger partial charge in [-0.15, -0.1) is 11.3 Å². The number of anilines is 2. The SMILES string of the molecule is COc1c(NC(=O)c2ccc(C)c(-c3ncc(-c4cccnc4)s3)c2)cc(C(C)(C)C)cc1NS(C)(=O)=O. The highest BCUT2D eigenvalue weighted by Crippen LogP contribution is 2.40. The number of methoxy groups -OCH3 is 1. The maximum absolute atomic E-state index is 13.4. The number of nitrogens with one attached hydrogen (secondary N) is 2. The van der Waals surface area contributed by atoms with Crippen LogP contribution in [0, 0.1) is 6.92 Å². The Morgan fingerprint density at radius 2 is 1.79 bits per heavy atom. The highest BCUT2D eigenvalue weighted by Gasteiger charge is 2.23. The molecule has 0 radical (unpaired) electrons. The van der Waals surface area contributed by atoms with Gasteiger partial charge in [-0.05, 0) is 53.8 Å². The molecule has 4 aromatic rings. The van der Waals surface area contributed by atoms with Gasteiger partial charge < -0.3 is 10.1 Å². The Balaban J connectivity index is 1.70. The fourth-order valence-corrected chi connectivity index (χ4v) is 5.42. The van der Waals surface area contributed by atoms with Crippen molar-refractivity contribution in [2.45, 2.75) is 33.1 Å². The molecule has 2 N–H and O–H groups in total. The molecule has 2 aromatic heterocycles. The number of rotatable bonds is 7. The number of carbonyl (C=O) groups excluding carboxylic acids is 1. The number of aryl methyl sites for hydroxylation is 1. The Morgan fingerprint density at radius 1 is 1.05 bits per heavy atom. The van der Waals surface area contributed by atoms with Gasteiger partial charge in [-0.3, -0.25) is 14.5 Å². The summed E-state index contributed by atoms with van der Waals surface area (Å²) in [6, 6.07) is 12.8. The number of amides is 1. The molecule has 0 saturated carbocycles. The Kier molecular flexibility index (Phi) is 7.57. The highest BCUT2D eigenvalue weighted by molar-refractivity contribution is 7.92. The monoisotopic (exact) mass is 550 g/mol. The van der Waals surface area contributed by atoms with Crippen LogP contribution in [0.25, 0.3) is 21.0 Å². The van der Waals surface area contributed by atoms with Crippen LogP contribution in [0.5, 0.6) is 5.75 Å². The first-order valence-electron chi connectivity index (χ1n) is 11.8. The summed E-state index contributed by atoms with van der Waals surface area (Å²) in [7, 11) is -2.15. The van der Waals surface area contributed by atoms with E-state index in [0.29, 0.717) is 11.3 Å². The van der Waals surface area contributed by atoms with E-state index < -0.39 is 10.0 Å². The molecule has 0 spiro atoms. The quantitative estimate of drug-likeness (QED) is 0.287. The van der Waals surface area contributed by atoms with Gasteiger partial charge in [-0.2, -0.15) is 0 Å². The van der Waals surface area contributed by atoms with Gasteiger partial charge in [0, 0.05) is 35.3 Å². The smallest absolute Gasteiger partial charge is 0.255 e. The van der Waals surface area contributed by atoms with Gasteiger partial charge >= 0.3 is 0 Å². The number of hydrogen-bond donors (Lipinski definition) is 2. The van der Waals surface area contributed by atoms with Crippen LogP contribution in [0.4, 0.5) is 11.4 Å². The van der Waals surface area contributed by atoms with Crippen LogP contribution in [0.2, 0.25) is 0 Å². The minimum Gasteiger partial charge on any atom is -0.492 e. The lowest BCUT2D eigenvalue weighted by molar-refractivity contribution is 0.102. The fourth-order valence-electron chi connectivity index (χ4n) is 3.88. The van der Waals surface area contributed by atoms with Gasteiger partial charge in [0.05, 0.1) is 29.6 Å². The zero-order valence-corrected chi connectivity index (χ0v) is 23.8. The summed E-state index contributed by atoms with van der Waals surface area (Å²) < 4.78 is 32.1. The predicted molar refractivity (Wildman–Crippen MR) is 154 cm³/mol. The van der Waals surface area contributed by atoms with Crippen LogP contribution >= 0.6 is 11.3 Å². The van der Waals surface area contributed by atoms with Crippen molar-refractivity contribution in [3.05, 3.63) is 77.7 Å². The van der Waals surface area contributed by atoms with Crippen LogP contribution in [0.1, 0.15) is 42.3 Å². The second-order valence-corrected chi connectivity index (χ2v) is 12.8. The third-order valence-electron chi connectivity index (χ3n) is 5.88. The molecule has 0 aliphatic carbocycles. The zero-order valence-electron chi connectivity index (χ0n) is 22.1. The lowest BCUT2D eigenvalue weighted by atomic mass is 9.86. The summed E-state index contributed by atoms with van der Waals surface area (Å²) in [5.74, 6) is -0.130. The van der Waals surface area contributed by atoms with Crippen molar-refractivity contribution in [1.29, 1.82) is 0 Å². The van der Waals surface area contributed by atoms with Crippen LogP contribution in [0.15, 0.2) is 61.1 Å². The molecule has 0 atom stereocenters. The van der Waals surface area contributed by atoms with Crippen LogP contribution in [-0.4, -0.2) is 37.7 Å². The third kappa shape index (κ3) is 6.20. The largest absolute Gasteiger partial charge is 0.492 e. The van der Waals surface area contributed by atoms with E-state index in [2.05, 4.69) is 20.0 Å². The Morgan fingerprint density at radius 3 is 2.42 bits per heavy atom. The molecular weight excluding hydrogens is 520 g/mol. The number of benzene rings is 2. The second-order valence-electron chi connectivity index (χ2n) is 9.98. The lowest BCUT2D eigenvalue weighted by Crippen LogP contribution is -2.18. The Bertz CT molecular complexity index is 1590. The molecule has 10 heteroatoms. The minimum absolute atomic E-state index is 0.227. The molecule has 0 bridgehead atoms. The molecule has 198 valence electrons. The van der Waals surface area contributed by atoms with Gasteiger partial charge in [-0.25, -0.2) is 13.4 Å². The van der Waals surface area contributed by atoms with Gasteiger partial charge in [0.15, 0.2) is 5.75 Å². The van der Waals surface area contributed by atoms with Crippen LogP contribution in [0.3, 0.4) is 0 Å². The molecular formula is C28H30N4O4S2. The normalized spacial score (nSPS) is 11.7. The van der Waals surface area contributed by atoms with E-state index in [9.17, 15) is 13.2 Å². The summed E-state index contributed by atoms with van der Waals surface area (Å²) in [4.78, 5) is 23.2. The molecule has 0 aliphatic heterocycles. The van der Waals surface area contributed by atoms with Gasteiger partial charge in [0.25, 0.3) is 5.91 Å². The molecule has 2 aromatic carbocycles. The third-order valence-corrected chi connectivity index (χ3v) is 7.55. The molecule has 2 heterocycles. The Labute approximate surface area is 227 Å². The number of hydrogen-bond acceptors (Lipinski definition) is 7. The maximum atomic E-state index is 13.4. The van der Waals surface area contributed by atoms with Gasteiger partial charge in [-0.1, -0.05) is 32.9 Å². The van der Waals surface area contributed by atoms with Crippen molar-refractivity contribution in [1.82, 2.24) is 9.97 Å². The molecule has 38 heavy (non-hydrogen) atoms. The molecule has 4 rings (SSSR count). The van der Waals surface area contributed by atoms with E-state index in [4.69, 9.17) is 4.74 Å². The molecule has 0 unspecified atom stereocenters. The summed E-state index contributed by atoms with van der Waals surface area (Å²) in [5, 5.41) is 3.72. The van der Waals surface area contributed by atoms with E-state index >= 15 is 0 Å². The van der Waals surface area contributed by atoms with Crippen molar-refractivity contribution >= 4 is 38.6 Å². The number of carbonyl (C=O) groups is 1. The molecule has 0 saturated heterocycles. The van der Waals surface area contributed by atoms with E-state index in [-0.39, 0.29) is 22.8 Å². The lowest BCUT2D eigenvalue weighted by Gasteiger charge is -2.24. The number of nitrogens with zero attached hydrogens (tertiary/aromatic N) is 2. The highest BCUT2D eigenvalue weighted by atomic mass is 32.2. The molecule has 0 aliphatic rings. The second kappa shape index (κ2) is 10.5. The topological polar surface area (TPSA) is 110 Å². The summed E-state index contributed by atoms with van der Waals surface area (Å²) in [6.45, 7) is 7.99. The maximum Gasteiger partial charge on any atom is 0.255 e. The summed E-state index contributed by atoms with van der Waals surface area (Å²) >= 11 is 1.53. The van der Waals surface area contributed by atoms with E-state index in [0.717, 1.165) is 38.4 Å². The fraction of sp³-hybridized carbons (Fsp3) is 0.250. The number of ether oxygens (including phenoxy) is 1. The van der Waals surface area contributed by atoms with E-state index in [1.54, 1.807) is 30.6 Å². The minimum atomic E-state index is -3.58. The average Bonchev–Trinajstić information content (AvgIpc) is 3.33. The van der Waals surface area contributed by atoms with Crippen LogP contribution < -0.4 is 14.8 Å². The van der Waals surface area contributed by atoms with Crippen molar-refractivity contribution in [2.24, 2.45) is 0 Å². The number of thiazole rings is 1. The number of sulfonamides is 1. The average molecular weight is 551 g/mol. The summed E-state index contributed by atoms with van der Waals surface area (Å²) in [6.07, 6.45) is 6.40. The zero-order chi connectivity index (χ0) is 27.7. The molecule has 0 fully saturated rings. The first-order chi connectivity index (χ1) is 17.9. The predicted octanol–water partition coefficient (Wildman–Crippen LogP) is 6.11. The first kappa shape index (κ1) is 27.3. The van der Waals surface area contributed by atoms with Crippen molar-refractivity contribution in [2.75, 3.05) is 23.4 Å². The van der Waals surface area contributed by atoms with Crippen molar-refractivity contribution < 1.29 is 17.9 Å². The first-order valence-corrected chi connectivity index (χ1v) is 14.6. The van der Waals surface area contributed by atoms with E-state index in [1.165, 1.54) is 18.4 Å². The van der Waals surface area contributed by atoms with Crippen molar-refractivity contribution in [3.63, 3.8) is 0 Å². The standard InChI is InChI=1S/C28H30N4O4S2/c1-17-9-10-18(12-21(17)27-30-16-24(37-27)19-8-7-11-29-15-19)26(33)31-22-13-20(28(2,3)4)14-23(25(22)36-5)32-38(6,34)35/h7-16,32H,1-6H3,(H,31,33). The number of aromatic nitrogens is 2. The molecule has 8 nitrogen and oxygen atoms in total. The molecule has 1 amide bonds. The van der Waals surface area contributed by atoms with E-state index in [1.807, 2.05) is 58.2 Å². The number of pyridine rings is 1. The van der Waals surface area contributed by atoms with Gasteiger partial charge in [0.1, 0.15) is 5.01 Å².